The average Bonchev–Trinajstić information content (AvgIpc) is 2.26. The van der Waals surface area contributed by atoms with Crippen molar-refractivity contribution in [1.29, 1.82) is 0 Å². The van der Waals surface area contributed by atoms with Crippen LogP contribution in [0.2, 0.25) is 5.02 Å². The Morgan fingerprint density at radius 3 is 2.75 bits per heavy atom. The number of rotatable bonds is 5. The van der Waals surface area contributed by atoms with Gasteiger partial charge in [0.25, 0.3) is 0 Å². The molecule has 1 aromatic carbocycles. The smallest absolute Gasteiger partial charge is 0.0440 e. The van der Waals surface area contributed by atoms with Crippen molar-refractivity contribution in [3.05, 3.63) is 34.9 Å². The highest BCUT2D eigenvalue weighted by atomic mass is 35.5. The summed E-state index contributed by atoms with van der Waals surface area (Å²) in [6, 6.07) is 8.29. The van der Waals surface area contributed by atoms with Crippen molar-refractivity contribution in [3.63, 3.8) is 0 Å². The Balaban J connectivity index is 1.93. The van der Waals surface area contributed by atoms with Crippen molar-refractivity contribution in [3.8, 4) is 0 Å². The van der Waals surface area contributed by atoms with Gasteiger partial charge >= 0.3 is 0 Å². The van der Waals surface area contributed by atoms with E-state index in [0.717, 1.165) is 24.0 Å². The van der Waals surface area contributed by atoms with Crippen LogP contribution in [0, 0.1) is 5.92 Å². The van der Waals surface area contributed by atoms with E-state index in [4.69, 9.17) is 11.6 Å². The highest BCUT2D eigenvalue weighted by Crippen LogP contribution is 2.44. The molecule has 1 aliphatic rings. The molecule has 0 radical (unpaired) electrons. The molecular weight excluding hydrogens is 218 g/mol. The summed E-state index contributed by atoms with van der Waals surface area (Å²) in [4.78, 5) is 0. The lowest BCUT2D eigenvalue weighted by Gasteiger charge is -2.37. The third kappa shape index (κ3) is 2.58. The van der Waals surface area contributed by atoms with Crippen molar-refractivity contribution < 1.29 is 0 Å². The number of nitrogens with one attached hydrogen (secondary N) is 1. The van der Waals surface area contributed by atoms with E-state index in [2.05, 4.69) is 24.4 Å². The van der Waals surface area contributed by atoms with Gasteiger partial charge in [-0.3, -0.25) is 0 Å². The van der Waals surface area contributed by atoms with Gasteiger partial charge in [0.15, 0.2) is 0 Å². The minimum Gasteiger partial charge on any atom is -0.316 e. The fourth-order valence-electron chi connectivity index (χ4n) is 2.46. The molecule has 1 saturated carbocycles. The molecule has 0 heterocycles. The van der Waals surface area contributed by atoms with Crippen LogP contribution >= 0.6 is 11.6 Å². The third-order valence-corrected chi connectivity index (χ3v) is 3.90. The molecular formula is C14H20ClN. The average molecular weight is 238 g/mol. The van der Waals surface area contributed by atoms with Gasteiger partial charge in [-0.15, -0.1) is 0 Å². The van der Waals surface area contributed by atoms with Crippen LogP contribution in [0.5, 0.6) is 0 Å². The standard InChI is InChI=1S/C14H20ClN/c1-2-9-16-10-11-7-8-12(11)13-5-3-4-6-14(13)15/h3-6,11-12,16H,2,7-10H2,1H3. The van der Waals surface area contributed by atoms with Crippen LogP contribution in [0.15, 0.2) is 24.3 Å². The number of benzene rings is 1. The topological polar surface area (TPSA) is 12.0 Å². The summed E-state index contributed by atoms with van der Waals surface area (Å²) in [7, 11) is 0. The second kappa shape index (κ2) is 5.70. The lowest BCUT2D eigenvalue weighted by Crippen LogP contribution is -2.34. The summed E-state index contributed by atoms with van der Waals surface area (Å²) in [5, 5.41) is 4.45. The molecule has 1 aromatic rings. The summed E-state index contributed by atoms with van der Waals surface area (Å²) < 4.78 is 0. The summed E-state index contributed by atoms with van der Waals surface area (Å²) in [5.74, 6) is 1.46. The molecule has 0 spiro atoms. The molecule has 1 nitrogen and oxygen atoms in total. The largest absolute Gasteiger partial charge is 0.316 e. The Hall–Kier alpha value is -0.530. The minimum absolute atomic E-state index is 0.679. The molecule has 0 saturated heterocycles. The van der Waals surface area contributed by atoms with E-state index in [1.165, 1.54) is 24.8 Å². The maximum Gasteiger partial charge on any atom is 0.0440 e. The lowest BCUT2D eigenvalue weighted by atomic mass is 9.70. The van der Waals surface area contributed by atoms with Crippen molar-refractivity contribution in [2.45, 2.75) is 32.1 Å². The quantitative estimate of drug-likeness (QED) is 0.768. The summed E-state index contributed by atoms with van der Waals surface area (Å²) >= 11 is 6.24. The van der Waals surface area contributed by atoms with E-state index in [1.54, 1.807) is 0 Å². The summed E-state index contributed by atoms with van der Waals surface area (Å²) in [6.07, 6.45) is 3.85. The second-order valence-electron chi connectivity index (χ2n) is 4.67. The molecule has 1 N–H and O–H groups in total. The Bertz CT molecular complexity index is 337. The molecule has 0 aromatic heterocycles. The Labute approximate surface area is 103 Å². The molecule has 2 heteroatoms. The van der Waals surface area contributed by atoms with Crippen LogP contribution in [-0.4, -0.2) is 13.1 Å². The molecule has 0 aliphatic heterocycles. The first kappa shape index (κ1) is 11.9. The van der Waals surface area contributed by atoms with E-state index in [9.17, 15) is 0 Å². The molecule has 2 rings (SSSR count). The van der Waals surface area contributed by atoms with Crippen LogP contribution in [0.3, 0.4) is 0 Å². The van der Waals surface area contributed by atoms with Gasteiger partial charge in [-0.1, -0.05) is 36.7 Å². The highest BCUT2D eigenvalue weighted by Gasteiger charge is 2.32. The van der Waals surface area contributed by atoms with Gasteiger partial charge in [-0.2, -0.15) is 0 Å². The Kier molecular flexibility index (Phi) is 4.25. The number of hydrogen-bond donors (Lipinski definition) is 1. The van der Waals surface area contributed by atoms with E-state index < -0.39 is 0 Å². The third-order valence-electron chi connectivity index (χ3n) is 3.56. The predicted molar refractivity (Wildman–Crippen MR) is 70.1 cm³/mol. The van der Waals surface area contributed by atoms with Crippen molar-refractivity contribution >= 4 is 11.6 Å². The van der Waals surface area contributed by atoms with Crippen LogP contribution in [0.1, 0.15) is 37.7 Å². The highest BCUT2D eigenvalue weighted by molar-refractivity contribution is 6.31. The molecule has 0 bridgehead atoms. The second-order valence-corrected chi connectivity index (χ2v) is 5.08. The van der Waals surface area contributed by atoms with Gasteiger partial charge < -0.3 is 5.32 Å². The van der Waals surface area contributed by atoms with Gasteiger partial charge in [0.05, 0.1) is 0 Å². The zero-order valence-electron chi connectivity index (χ0n) is 9.88. The first-order valence-corrected chi connectivity index (χ1v) is 6.66. The summed E-state index contributed by atoms with van der Waals surface area (Å²) in [6.45, 7) is 4.48. The monoisotopic (exact) mass is 237 g/mol. The minimum atomic E-state index is 0.679. The SMILES string of the molecule is CCCNCC1CCC1c1ccccc1Cl. The number of hydrogen-bond acceptors (Lipinski definition) is 1. The zero-order chi connectivity index (χ0) is 11.4. The van der Waals surface area contributed by atoms with E-state index in [-0.39, 0.29) is 0 Å². The lowest BCUT2D eigenvalue weighted by molar-refractivity contribution is 0.246. The predicted octanol–water partition coefficient (Wildman–Crippen LogP) is 3.83. The van der Waals surface area contributed by atoms with E-state index in [0.29, 0.717) is 5.92 Å². The maximum atomic E-state index is 6.24. The van der Waals surface area contributed by atoms with Crippen LogP contribution < -0.4 is 5.32 Å². The van der Waals surface area contributed by atoms with E-state index in [1.807, 2.05) is 12.1 Å². The number of halogens is 1. The Morgan fingerprint density at radius 2 is 2.12 bits per heavy atom. The van der Waals surface area contributed by atoms with Gasteiger partial charge in [0.2, 0.25) is 0 Å². The van der Waals surface area contributed by atoms with Gasteiger partial charge in [0.1, 0.15) is 0 Å². The summed E-state index contributed by atoms with van der Waals surface area (Å²) in [5.41, 5.74) is 1.35. The fourth-order valence-corrected chi connectivity index (χ4v) is 2.74. The first-order valence-electron chi connectivity index (χ1n) is 6.28. The van der Waals surface area contributed by atoms with Gasteiger partial charge in [0, 0.05) is 5.02 Å². The van der Waals surface area contributed by atoms with Crippen LogP contribution in [0.4, 0.5) is 0 Å². The van der Waals surface area contributed by atoms with Gasteiger partial charge in [-0.05, 0) is 55.8 Å². The first-order chi connectivity index (χ1) is 7.83. The molecule has 2 unspecified atom stereocenters. The van der Waals surface area contributed by atoms with Gasteiger partial charge in [-0.25, -0.2) is 0 Å². The maximum absolute atomic E-state index is 6.24. The normalized spacial score (nSPS) is 24.1. The fraction of sp³-hybridized carbons (Fsp3) is 0.571. The van der Waals surface area contributed by atoms with Crippen molar-refractivity contribution in [2.75, 3.05) is 13.1 Å². The van der Waals surface area contributed by atoms with Crippen LogP contribution in [-0.2, 0) is 0 Å². The molecule has 16 heavy (non-hydrogen) atoms. The van der Waals surface area contributed by atoms with E-state index >= 15 is 0 Å². The molecule has 0 amide bonds. The van der Waals surface area contributed by atoms with Crippen LogP contribution in [0.25, 0.3) is 0 Å². The molecule has 88 valence electrons. The van der Waals surface area contributed by atoms with Crippen molar-refractivity contribution in [2.24, 2.45) is 5.92 Å². The zero-order valence-corrected chi connectivity index (χ0v) is 10.6. The molecule has 1 fully saturated rings. The Morgan fingerprint density at radius 1 is 1.31 bits per heavy atom. The molecule has 2 atom stereocenters. The molecule has 1 aliphatic carbocycles. The van der Waals surface area contributed by atoms with Crippen molar-refractivity contribution in [1.82, 2.24) is 5.32 Å².